The van der Waals surface area contributed by atoms with Crippen molar-refractivity contribution >= 4 is 11.8 Å². The van der Waals surface area contributed by atoms with Crippen LogP contribution < -0.4 is 0 Å². The second kappa shape index (κ2) is 6.81. The molecule has 194 valence electrons. The van der Waals surface area contributed by atoms with Crippen LogP contribution in [0.3, 0.4) is 0 Å². The Balaban J connectivity index is 1.39. The number of hydrogen-bond acceptors (Lipinski definition) is 5. The number of aliphatic hydroxyl groups is 1. The van der Waals surface area contributed by atoms with Gasteiger partial charge in [0.15, 0.2) is 11.2 Å². The number of aliphatic hydroxyl groups excluding tert-OH is 1. The van der Waals surface area contributed by atoms with Crippen LogP contribution in [0, 0.1) is 39.4 Å². The van der Waals surface area contributed by atoms with Gasteiger partial charge in [0.1, 0.15) is 11.2 Å². The van der Waals surface area contributed by atoms with Crippen LogP contribution in [0.15, 0.2) is 12.2 Å². The number of epoxide rings is 1. The van der Waals surface area contributed by atoms with Crippen molar-refractivity contribution in [2.45, 2.75) is 123 Å². The standard InChI is InChI=1S/C30H44O5/c1-17(2)20(31)9-8-18(3)19-10-13-28-24(33)35-29(15-14-26(19,28)6)27(7)12-11-22(32)25(4,5)21(27)16-23-30(28,29)34-23/h18-21,23,31H,1,8-16H2,2-7H3/t18-,19-,20-,21+,23+,26-,27+,28+,29+,30-/m1/s1. The van der Waals surface area contributed by atoms with Crippen molar-refractivity contribution in [3.8, 4) is 0 Å². The molecule has 6 fully saturated rings. The van der Waals surface area contributed by atoms with Gasteiger partial charge in [0.05, 0.1) is 12.2 Å². The van der Waals surface area contributed by atoms with Gasteiger partial charge in [-0.15, -0.1) is 0 Å². The molecule has 0 aromatic heterocycles. The number of ketones is 1. The molecule has 0 unspecified atom stereocenters. The summed E-state index contributed by atoms with van der Waals surface area (Å²) in [6.07, 6.45) is 7.05. The topological polar surface area (TPSA) is 76.1 Å². The Hall–Kier alpha value is -1.20. The van der Waals surface area contributed by atoms with Crippen LogP contribution in [0.4, 0.5) is 0 Å². The highest BCUT2D eigenvalue weighted by Gasteiger charge is 2.97. The summed E-state index contributed by atoms with van der Waals surface area (Å²) in [7, 11) is 0. The number of Topliss-reactive ketones (excluding diaryl/α,β-unsaturated/α-hetero) is 1. The lowest BCUT2D eigenvalue weighted by atomic mass is 9.37. The fourth-order valence-electron chi connectivity index (χ4n) is 11.0. The van der Waals surface area contributed by atoms with E-state index in [1.165, 1.54) is 0 Å². The van der Waals surface area contributed by atoms with Gasteiger partial charge in [0, 0.05) is 17.3 Å². The van der Waals surface area contributed by atoms with Crippen molar-refractivity contribution in [2.24, 2.45) is 39.4 Å². The molecule has 0 radical (unpaired) electrons. The molecular weight excluding hydrogens is 440 g/mol. The summed E-state index contributed by atoms with van der Waals surface area (Å²) in [6, 6.07) is 0. The van der Waals surface area contributed by atoms with E-state index in [9.17, 15) is 14.7 Å². The minimum atomic E-state index is -0.615. The van der Waals surface area contributed by atoms with Crippen molar-refractivity contribution < 1.29 is 24.2 Å². The Morgan fingerprint density at radius 3 is 2.49 bits per heavy atom. The molecule has 35 heavy (non-hydrogen) atoms. The zero-order chi connectivity index (χ0) is 25.4. The minimum Gasteiger partial charge on any atom is -0.455 e. The summed E-state index contributed by atoms with van der Waals surface area (Å²) < 4.78 is 13.5. The van der Waals surface area contributed by atoms with Crippen LogP contribution in [0.5, 0.6) is 0 Å². The summed E-state index contributed by atoms with van der Waals surface area (Å²) in [5.74, 6) is 1.30. The monoisotopic (exact) mass is 484 g/mol. The molecule has 5 heteroatoms. The number of ether oxygens (including phenoxy) is 2. The SMILES string of the molecule is C=C(C)[C@H](O)CC[C@@H](C)[C@H]1CC[C@]23C(=O)O[C@]4(CC[C@]12C)[C@]31O[C@H]1C[C@H]1C(C)(C)C(=O)CC[C@@]14C. The van der Waals surface area contributed by atoms with Crippen molar-refractivity contribution in [3.63, 3.8) is 0 Å². The van der Waals surface area contributed by atoms with Gasteiger partial charge in [-0.05, 0) is 81.5 Å². The van der Waals surface area contributed by atoms with Gasteiger partial charge in [-0.25, -0.2) is 0 Å². The molecule has 2 spiro atoms. The molecule has 0 aromatic rings. The number of esters is 1. The lowest BCUT2D eigenvalue weighted by molar-refractivity contribution is -0.214. The first-order valence-electron chi connectivity index (χ1n) is 14.0. The molecule has 0 aromatic carbocycles. The molecule has 4 saturated carbocycles. The molecule has 2 aliphatic heterocycles. The normalized spacial score (nSPS) is 52.5. The van der Waals surface area contributed by atoms with Gasteiger partial charge in [-0.2, -0.15) is 0 Å². The molecule has 2 saturated heterocycles. The number of fused-ring (bicyclic) bond motifs is 1. The highest BCUT2D eigenvalue weighted by atomic mass is 16.7. The molecule has 10 atom stereocenters. The molecular formula is C30H44O5. The lowest BCUT2D eigenvalue weighted by Gasteiger charge is -2.64. The van der Waals surface area contributed by atoms with Crippen LogP contribution in [-0.4, -0.2) is 40.3 Å². The fraction of sp³-hybridized carbons (Fsp3) is 0.867. The van der Waals surface area contributed by atoms with E-state index in [2.05, 4.69) is 41.2 Å². The third-order valence-corrected chi connectivity index (χ3v) is 12.9. The molecule has 6 rings (SSSR count). The maximum atomic E-state index is 14.2. The Bertz CT molecular complexity index is 1020. The van der Waals surface area contributed by atoms with E-state index in [-0.39, 0.29) is 28.8 Å². The van der Waals surface area contributed by atoms with Crippen LogP contribution in [0.2, 0.25) is 0 Å². The first-order chi connectivity index (χ1) is 16.3. The average molecular weight is 485 g/mol. The second-order valence-electron chi connectivity index (χ2n) is 14.3. The van der Waals surface area contributed by atoms with Gasteiger partial charge in [-0.3, -0.25) is 9.59 Å². The largest absolute Gasteiger partial charge is 0.455 e. The highest BCUT2D eigenvalue weighted by molar-refractivity contribution is 5.89. The first-order valence-corrected chi connectivity index (χ1v) is 14.0. The summed E-state index contributed by atoms with van der Waals surface area (Å²) >= 11 is 0. The highest BCUT2D eigenvalue weighted by Crippen LogP contribution is 2.86. The predicted octanol–water partition coefficient (Wildman–Crippen LogP) is 5.38. The van der Waals surface area contributed by atoms with Crippen LogP contribution in [0.25, 0.3) is 0 Å². The van der Waals surface area contributed by atoms with E-state index in [1.54, 1.807) is 0 Å². The third-order valence-electron chi connectivity index (χ3n) is 12.9. The van der Waals surface area contributed by atoms with E-state index in [4.69, 9.17) is 9.47 Å². The summed E-state index contributed by atoms with van der Waals surface area (Å²) in [4.78, 5) is 27.2. The number of carbonyl (C=O) groups is 2. The van der Waals surface area contributed by atoms with Gasteiger partial charge in [-0.1, -0.05) is 46.8 Å². The Morgan fingerprint density at radius 2 is 1.80 bits per heavy atom. The zero-order valence-electron chi connectivity index (χ0n) is 22.5. The summed E-state index contributed by atoms with van der Waals surface area (Å²) in [6.45, 7) is 17.0. The number of rotatable bonds is 5. The molecule has 1 N–H and O–H groups in total. The summed E-state index contributed by atoms with van der Waals surface area (Å²) in [5, 5.41) is 10.3. The van der Waals surface area contributed by atoms with Crippen molar-refractivity contribution in [2.75, 3.05) is 0 Å². The van der Waals surface area contributed by atoms with Gasteiger partial charge >= 0.3 is 5.97 Å². The molecule has 0 amide bonds. The maximum absolute atomic E-state index is 14.2. The number of hydrogen-bond donors (Lipinski definition) is 1. The smallest absolute Gasteiger partial charge is 0.316 e. The van der Waals surface area contributed by atoms with Crippen molar-refractivity contribution in [3.05, 3.63) is 12.2 Å². The van der Waals surface area contributed by atoms with E-state index < -0.39 is 28.1 Å². The average Bonchev–Trinajstić information content (AvgIpc) is 3.39. The van der Waals surface area contributed by atoms with Gasteiger partial charge in [0.25, 0.3) is 0 Å². The van der Waals surface area contributed by atoms with E-state index in [1.807, 2.05) is 6.92 Å². The van der Waals surface area contributed by atoms with Crippen LogP contribution >= 0.6 is 0 Å². The van der Waals surface area contributed by atoms with E-state index in [0.29, 0.717) is 24.0 Å². The molecule has 2 heterocycles. The molecule has 5 nitrogen and oxygen atoms in total. The Morgan fingerprint density at radius 1 is 1.09 bits per heavy atom. The lowest BCUT2D eigenvalue weighted by Crippen LogP contribution is -2.72. The first kappa shape index (κ1) is 24.2. The van der Waals surface area contributed by atoms with Crippen molar-refractivity contribution in [1.29, 1.82) is 0 Å². The Kier molecular flexibility index (Phi) is 4.70. The quantitative estimate of drug-likeness (QED) is 0.322. The minimum absolute atomic E-state index is 0.0103. The summed E-state index contributed by atoms with van der Waals surface area (Å²) in [5.41, 5.74) is -1.75. The molecule has 4 aliphatic carbocycles. The second-order valence-corrected chi connectivity index (χ2v) is 14.3. The molecule has 6 aliphatic rings. The Labute approximate surface area is 210 Å². The van der Waals surface area contributed by atoms with Gasteiger partial charge in [0.2, 0.25) is 0 Å². The zero-order valence-corrected chi connectivity index (χ0v) is 22.5. The van der Waals surface area contributed by atoms with Crippen LogP contribution in [-0.2, 0) is 19.1 Å². The fourth-order valence-corrected chi connectivity index (χ4v) is 11.0. The van der Waals surface area contributed by atoms with Crippen LogP contribution in [0.1, 0.15) is 99.3 Å². The van der Waals surface area contributed by atoms with Crippen molar-refractivity contribution in [1.82, 2.24) is 0 Å². The van der Waals surface area contributed by atoms with E-state index >= 15 is 0 Å². The number of carbonyl (C=O) groups excluding carboxylic acids is 2. The predicted molar refractivity (Wildman–Crippen MR) is 132 cm³/mol. The molecule has 2 bridgehead atoms. The maximum Gasteiger partial charge on any atom is 0.316 e. The van der Waals surface area contributed by atoms with Gasteiger partial charge < -0.3 is 14.6 Å². The third kappa shape index (κ3) is 2.36. The van der Waals surface area contributed by atoms with E-state index in [0.717, 1.165) is 56.9 Å².